The molecule has 1 aliphatic rings. The van der Waals surface area contributed by atoms with Crippen molar-refractivity contribution in [2.24, 2.45) is 0 Å². The molecule has 156 valence electrons. The molecule has 1 aliphatic heterocycles. The number of carbonyl (C=O) groups is 2. The van der Waals surface area contributed by atoms with Crippen LogP contribution in [0.1, 0.15) is 31.8 Å². The van der Waals surface area contributed by atoms with Crippen LogP contribution in [0.4, 0.5) is 0 Å². The Morgan fingerprint density at radius 1 is 1.03 bits per heavy atom. The Hall–Kier alpha value is -4.13. The van der Waals surface area contributed by atoms with Crippen molar-refractivity contribution >= 4 is 17.8 Å². The van der Waals surface area contributed by atoms with Gasteiger partial charge in [-0.3, -0.25) is 9.78 Å². The Kier molecular flexibility index (Phi) is 5.41. The van der Waals surface area contributed by atoms with Crippen molar-refractivity contribution in [2.45, 2.75) is 6.92 Å². The minimum Gasteiger partial charge on any atom is -0.493 e. The zero-order valence-electron chi connectivity index (χ0n) is 17.2. The second kappa shape index (κ2) is 8.31. The lowest BCUT2D eigenvalue weighted by atomic mass is 10.1. The number of aromatic nitrogens is 1. The minimum atomic E-state index is -0.570. The van der Waals surface area contributed by atoms with Gasteiger partial charge in [0.15, 0.2) is 17.3 Å². The number of Topliss-reactive ketones (excluding diaryl/α,β-unsaturated/α-hetero) is 1. The number of carbonyl (C=O) groups excluding carboxylic acids is 2. The van der Waals surface area contributed by atoms with E-state index in [0.29, 0.717) is 39.7 Å². The third-order valence-corrected chi connectivity index (χ3v) is 4.84. The number of ketones is 1. The lowest BCUT2D eigenvalue weighted by Gasteiger charge is -2.12. The summed E-state index contributed by atoms with van der Waals surface area (Å²) in [4.78, 5) is 29.4. The average molecular weight is 417 g/mol. The van der Waals surface area contributed by atoms with Crippen molar-refractivity contribution < 1.29 is 28.5 Å². The van der Waals surface area contributed by atoms with Gasteiger partial charge in [-0.25, -0.2) is 4.79 Å². The van der Waals surface area contributed by atoms with Gasteiger partial charge in [0.05, 0.1) is 25.3 Å². The van der Waals surface area contributed by atoms with Crippen molar-refractivity contribution in [3.8, 4) is 23.0 Å². The van der Waals surface area contributed by atoms with Crippen molar-refractivity contribution in [2.75, 3.05) is 14.2 Å². The van der Waals surface area contributed by atoms with Crippen LogP contribution < -0.4 is 18.9 Å². The molecule has 0 saturated carbocycles. The van der Waals surface area contributed by atoms with Crippen LogP contribution in [0, 0.1) is 6.92 Å². The van der Waals surface area contributed by atoms with E-state index >= 15 is 0 Å². The van der Waals surface area contributed by atoms with E-state index in [1.807, 2.05) is 6.07 Å². The number of hydrogen-bond acceptors (Lipinski definition) is 7. The van der Waals surface area contributed by atoms with Crippen molar-refractivity contribution in [1.82, 2.24) is 4.98 Å². The first-order valence-electron chi connectivity index (χ1n) is 9.44. The van der Waals surface area contributed by atoms with Crippen molar-refractivity contribution in [1.29, 1.82) is 0 Å². The Morgan fingerprint density at radius 3 is 2.52 bits per heavy atom. The van der Waals surface area contributed by atoms with Gasteiger partial charge in [0.25, 0.3) is 0 Å². The molecule has 0 bridgehead atoms. The highest BCUT2D eigenvalue weighted by molar-refractivity contribution is 6.15. The van der Waals surface area contributed by atoms with E-state index in [4.69, 9.17) is 18.9 Å². The molecule has 31 heavy (non-hydrogen) atoms. The highest BCUT2D eigenvalue weighted by Gasteiger charge is 2.30. The number of benzene rings is 2. The summed E-state index contributed by atoms with van der Waals surface area (Å²) in [6.07, 6.45) is 4.91. The molecule has 2 heterocycles. The fourth-order valence-electron chi connectivity index (χ4n) is 3.21. The molecule has 0 radical (unpaired) electrons. The fourth-order valence-corrected chi connectivity index (χ4v) is 3.21. The summed E-state index contributed by atoms with van der Waals surface area (Å²) in [7, 11) is 3.00. The highest BCUT2D eigenvalue weighted by Crippen LogP contribution is 2.39. The number of nitrogens with zero attached hydrogens (tertiary/aromatic N) is 1. The maximum atomic E-state index is 12.7. The number of methoxy groups -OCH3 is 2. The smallest absolute Gasteiger partial charge is 0.343 e. The molecule has 2 aromatic carbocycles. The summed E-state index contributed by atoms with van der Waals surface area (Å²) in [5.41, 5.74) is 2.01. The van der Waals surface area contributed by atoms with Crippen molar-refractivity contribution in [3.05, 3.63) is 82.9 Å². The second-order valence-electron chi connectivity index (χ2n) is 6.75. The minimum absolute atomic E-state index is 0.189. The lowest BCUT2D eigenvalue weighted by Crippen LogP contribution is -2.10. The van der Waals surface area contributed by atoms with Crippen molar-refractivity contribution in [3.63, 3.8) is 0 Å². The number of esters is 1. The zero-order valence-corrected chi connectivity index (χ0v) is 17.2. The van der Waals surface area contributed by atoms with Gasteiger partial charge in [0.2, 0.25) is 5.78 Å². The SMILES string of the molecule is COc1ccc(C(=O)Oc2ccc3c(c2C)O/C(=C\c2cccnc2)C3=O)cc1OC. The van der Waals surface area contributed by atoms with E-state index in [0.717, 1.165) is 5.56 Å². The van der Waals surface area contributed by atoms with Crippen LogP contribution in [-0.4, -0.2) is 31.0 Å². The topological polar surface area (TPSA) is 84.0 Å². The molecular formula is C24H19NO6. The van der Waals surface area contributed by atoms with Crippen LogP contribution in [0.15, 0.2) is 60.6 Å². The molecule has 4 rings (SSSR count). The number of pyridine rings is 1. The quantitative estimate of drug-likeness (QED) is 0.349. The van der Waals surface area contributed by atoms with Gasteiger partial charge in [-0.15, -0.1) is 0 Å². The Bertz CT molecular complexity index is 1200. The summed E-state index contributed by atoms with van der Waals surface area (Å²) in [5, 5.41) is 0. The first-order valence-corrected chi connectivity index (χ1v) is 9.44. The molecule has 7 heteroatoms. The Morgan fingerprint density at radius 2 is 1.81 bits per heavy atom. The van der Waals surface area contributed by atoms with Crippen LogP contribution in [0.3, 0.4) is 0 Å². The summed E-state index contributed by atoms with van der Waals surface area (Å²) < 4.78 is 21.8. The van der Waals surface area contributed by atoms with Gasteiger partial charge in [-0.2, -0.15) is 0 Å². The predicted octanol–water partition coefficient (Wildman–Crippen LogP) is 4.24. The molecule has 0 amide bonds. The summed E-state index contributed by atoms with van der Waals surface area (Å²) >= 11 is 0. The molecule has 0 aliphatic carbocycles. The molecule has 0 atom stereocenters. The van der Waals surface area contributed by atoms with Crippen LogP contribution in [-0.2, 0) is 0 Å². The highest BCUT2D eigenvalue weighted by atomic mass is 16.5. The van der Waals surface area contributed by atoms with Gasteiger partial charge >= 0.3 is 5.97 Å². The number of allylic oxidation sites excluding steroid dienone is 1. The number of hydrogen-bond donors (Lipinski definition) is 0. The van der Waals surface area contributed by atoms with E-state index in [9.17, 15) is 9.59 Å². The van der Waals surface area contributed by atoms with Gasteiger partial charge in [-0.1, -0.05) is 6.07 Å². The van der Waals surface area contributed by atoms with Crippen LogP contribution in [0.25, 0.3) is 6.08 Å². The van der Waals surface area contributed by atoms with Crippen LogP contribution >= 0.6 is 0 Å². The number of ether oxygens (including phenoxy) is 4. The van der Waals surface area contributed by atoms with Crippen LogP contribution in [0.5, 0.6) is 23.0 Å². The third-order valence-electron chi connectivity index (χ3n) is 4.84. The molecule has 0 spiro atoms. The summed E-state index contributed by atoms with van der Waals surface area (Å²) in [6.45, 7) is 1.73. The monoisotopic (exact) mass is 417 g/mol. The van der Waals surface area contributed by atoms with E-state index in [-0.39, 0.29) is 11.5 Å². The van der Waals surface area contributed by atoms with E-state index in [1.54, 1.807) is 61.8 Å². The molecule has 7 nitrogen and oxygen atoms in total. The average Bonchev–Trinajstić information content (AvgIpc) is 3.11. The largest absolute Gasteiger partial charge is 0.493 e. The van der Waals surface area contributed by atoms with Gasteiger partial charge in [-0.05, 0) is 55.0 Å². The second-order valence-corrected chi connectivity index (χ2v) is 6.75. The fraction of sp³-hybridized carbons (Fsp3) is 0.125. The number of rotatable bonds is 5. The molecule has 0 N–H and O–H groups in total. The molecular weight excluding hydrogens is 398 g/mol. The predicted molar refractivity (Wildman–Crippen MR) is 113 cm³/mol. The third kappa shape index (κ3) is 3.85. The lowest BCUT2D eigenvalue weighted by molar-refractivity contribution is 0.0732. The van der Waals surface area contributed by atoms with Gasteiger partial charge in [0.1, 0.15) is 11.5 Å². The molecule has 0 unspecified atom stereocenters. The standard InChI is InChI=1S/C24H19NO6/c1-14-18(31-24(27)16-6-8-19(28-2)20(12-16)29-3)9-7-17-22(26)21(30-23(14)17)11-15-5-4-10-25-13-15/h4-13H,1-3H3/b21-11-. The van der Waals surface area contributed by atoms with Crippen LogP contribution in [0.2, 0.25) is 0 Å². The Labute approximate surface area is 178 Å². The molecule has 0 saturated heterocycles. The van der Waals surface area contributed by atoms with Gasteiger partial charge < -0.3 is 18.9 Å². The number of fused-ring (bicyclic) bond motifs is 1. The maximum Gasteiger partial charge on any atom is 0.343 e. The first kappa shape index (κ1) is 20.2. The van der Waals surface area contributed by atoms with E-state index in [1.165, 1.54) is 14.2 Å². The molecule has 0 fully saturated rings. The summed E-state index contributed by atoms with van der Waals surface area (Å²) in [5.74, 6) is 0.981. The molecule has 3 aromatic rings. The van der Waals surface area contributed by atoms with E-state index in [2.05, 4.69) is 4.98 Å². The Balaban J connectivity index is 1.59. The zero-order chi connectivity index (χ0) is 22.0. The maximum absolute atomic E-state index is 12.7. The van der Waals surface area contributed by atoms with E-state index < -0.39 is 5.97 Å². The van der Waals surface area contributed by atoms with Gasteiger partial charge in [0, 0.05) is 18.0 Å². The summed E-state index contributed by atoms with van der Waals surface area (Å²) in [6, 6.07) is 11.5. The molecule has 1 aromatic heterocycles. The first-order chi connectivity index (χ1) is 15.0. The normalized spacial score (nSPS) is 13.5.